The van der Waals surface area contributed by atoms with Crippen molar-refractivity contribution in [2.45, 2.75) is 24.7 Å². The molecule has 0 aliphatic carbocycles. The maximum atomic E-state index is 11.5. The third-order valence-corrected chi connectivity index (χ3v) is 4.03. The Balaban J connectivity index is 2.11. The van der Waals surface area contributed by atoms with E-state index in [-0.39, 0.29) is 4.90 Å². The van der Waals surface area contributed by atoms with Gasteiger partial charge in [-0.1, -0.05) is 13.0 Å². The van der Waals surface area contributed by atoms with E-state index in [1.807, 2.05) is 0 Å². The van der Waals surface area contributed by atoms with Crippen molar-refractivity contribution in [3.05, 3.63) is 30.2 Å². The Morgan fingerprint density at radius 2 is 2.05 bits per heavy atom. The Morgan fingerprint density at radius 3 is 2.76 bits per heavy atom. The van der Waals surface area contributed by atoms with Gasteiger partial charge in [-0.05, 0) is 31.2 Å². The Labute approximate surface area is 124 Å². The fourth-order valence-corrected chi connectivity index (χ4v) is 2.49. The van der Waals surface area contributed by atoms with E-state index in [0.717, 1.165) is 19.5 Å². The summed E-state index contributed by atoms with van der Waals surface area (Å²) in [6.45, 7) is 3.84. The first kappa shape index (κ1) is 15.7. The molecule has 1 heterocycles. The molecule has 2 aromatic rings. The molecule has 0 saturated carbocycles. The van der Waals surface area contributed by atoms with Crippen LogP contribution < -0.4 is 5.32 Å². The van der Waals surface area contributed by atoms with E-state index in [1.54, 1.807) is 24.3 Å². The van der Waals surface area contributed by atoms with E-state index in [0.29, 0.717) is 23.8 Å². The Kier molecular flexibility index (Phi) is 5.08. The largest absolute Gasteiger partial charge is 0.421 e. The molecule has 7 heteroatoms. The second kappa shape index (κ2) is 6.82. The highest BCUT2D eigenvalue weighted by molar-refractivity contribution is 7.90. The van der Waals surface area contributed by atoms with Gasteiger partial charge in [0.15, 0.2) is 9.84 Å². The van der Waals surface area contributed by atoms with Crippen LogP contribution in [0.15, 0.2) is 33.6 Å². The molecule has 0 spiro atoms. The maximum absolute atomic E-state index is 11.5. The van der Waals surface area contributed by atoms with Gasteiger partial charge in [-0.3, -0.25) is 0 Å². The Bertz CT molecular complexity index is 695. The third kappa shape index (κ3) is 4.37. The molecule has 0 radical (unpaired) electrons. The molecule has 0 bridgehead atoms. The first-order valence-electron chi connectivity index (χ1n) is 6.84. The second-order valence-electron chi connectivity index (χ2n) is 4.80. The van der Waals surface area contributed by atoms with Crippen LogP contribution in [-0.2, 0) is 16.3 Å². The van der Waals surface area contributed by atoms with Crippen molar-refractivity contribution in [1.82, 2.24) is 15.5 Å². The quantitative estimate of drug-likeness (QED) is 0.783. The lowest BCUT2D eigenvalue weighted by Gasteiger charge is -2.00. The lowest BCUT2D eigenvalue weighted by Crippen LogP contribution is -2.17. The zero-order valence-electron chi connectivity index (χ0n) is 12.2. The fraction of sp³-hybridized carbons (Fsp3) is 0.429. The molecule has 0 fully saturated rings. The number of nitrogens with one attached hydrogen (secondary N) is 1. The van der Waals surface area contributed by atoms with Crippen molar-refractivity contribution in [1.29, 1.82) is 0 Å². The third-order valence-electron chi connectivity index (χ3n) is 2.92. The molecule has 21 heavy (non-hydrogen) atoms. The molecular weight excluding hydrogens is 290 g/mol. The minimum absolute atomic E-state index is 0.240. The molecule has 0 amide bonds. The summed E-state index contributed by atoms with van der Waals surface area (Å²) in [6.07, 6.45) is 2.90. The summed E-state index contributed by atoms with van der Waals surface area (Å²) < 4.78 is 28.7. The van der Waals surface area contributed by atoms with Crippen LogP contribution in [0.25, 0.3) is 11.5 Å². The molecule has 1 aromatic carbocycles. The highest BCUT2D eigenvalue weighted by atomic mass is 32.2. The molecule has 1 aromatic heterocycles. The van der Waals surface area contributed by atoms with Crippen molar-refractivity contribution in [2.75, 3.05) is 19.3 Å². The van der Waals surface area contributed by atoms with Gasteiger partial charge in [0.1, 0.15) is 0 Å². The Morgan fingerprint density at radius 1 is 1.24 bits per heavy atom. The molecule has 0 unspecified atom stereocenters. The highest BCUT2D eigenvalue weighted by Gasteiger charge is 2.12. The summed E-state index contributed by atoms with van der Waals surface area (Å²) in [5, 5.41) is 11.2. The van der Waals surface area contributed by atoms with E-state index in [9.17, 15) is 8.42 Å². The number of hydrogen-bond donors (Lipinski definition) is 1. The summed E-state index contributed by atoms with van der Waals surface area (Å²) in [6, 6.07) is 6.51. The second-order valence-corrected chi connectivity index (χ2v) is 6.82. The standard InChI is InChI=1S/C14H19N3O3S/c1-3-8-15-9-7-13-16-17-14(20-13)11-5-4-6-12(10-11)21(2,18)19/h4-6,10,15H,3,7-9H2,1-2H3. The molecule has 6 nitrogen and oxygen atoms in total. The minimum atomic E-state index is -3.25. The molecule has 0 aliphatic heterocycles. The van der Waals surface area contributed by atoms with Gasteiger partial charge < -0.3 is 9.73 Å². The molecule has 0 aliphatic rings. The van der Waals surface area contributed by atoms with E-state index >= 15 is 0 Å². The summed E-state index contributed by atoms with van der Waals surface area (Å²) in [5.41, 5.74) is 0.609. The van der Waals surface area contributed by atoms with E-state index < -0.39 is 9.84 Å². The first-order chi connectivity index (χ1) is 10.0. The summed E-state index contributed by atoms with van der Waals surface area (Å²) >= 11 is 0. The van der Waals surface area contributed by atoms with Crippen LogP contribution >= 0.6 is 0 Å². The van der Waals surface area contributed by atoms with Crippen LogP contribution in [0.1, 0.15) is 19.2 Å². The van der Waals surface area contributed by atoms with Crippen LogP contribution in [0, 0.1) is 0 Å². The van der Waals surface area contributed by atoms with Crippen molar-refractivity contribution in [3.63, 3.8) is 0 Å². The number of nitrogens with zero attached hydrogens (tertiary/aromatic N) is 2. The summed E-state index contributed by atoms with van der Waals surface area (Å²) in [7, 11) is -3.25. The van der Waals surface area contributed by atoms with Crippen molar-refractivity contribution >= 4 is 9.84 Å². The van der Waals surface area contributed by atoms with Crippen molar-refractivity contribution in [3.8, 4) is 11.5 Å². The van der Waals surface area contributed by atoms with Crippen LogP contribution in [0.2, 0.25) is 0 Å². The normalized spacial score (nSPS) is 11.7. The predicted octanol–water partition coefficient (Wildman–Crippen LogP) is 1.68. The fourth-order valence-electron chi connectivity index (χ4n) is 1.83. The molecular formula is C14H19N3O3S. The van der Waals surface area contributed by atoms with Crippen LogP contribution in [0.4, 0.5) is 0 Å². The number of aromatic nitrogens is 2. The van der Waals surface area contributed by atoms with Crippen LogP contribution in [0.3, 0.4) is 0 Å². The van der Waals surface area contributed by atoms with Gasteiger partial charge in [0.2, 0.25) is 11.8 Å². The van der Waals surface area contributed by atoms with Gasteiger partial charge in [0.25, 0.3) is 0 Å². The summed E-state index contributed by atoms with van der Waals surface area (Å²) in [4.78, 5) is 0.240. The van der Waals surface area contributed by atoms with Crippen molar-refractivity contribution < 1.29 is 12.8 Å². The lowest BCUT2D eigenvalue weighted by molar-refractivity contribution is 0.494. The van der Waals surface area contributed by atoms with Crippen LogP contribution in [-0.4, -0.2) is 38.0 Å². The average Bonchev–Trinajstić information content (AvgIpc) is 2.92. The maximum Gasteiger partial charge on any atom is 0.247 e. The summed E-state index contributed by atoms with van der Waals surface area (Å²) in [5.74, 6) is 0.879. The van der Waals surface area contributed by atoms with E-state index in [1.165, 1.54) is 6.26 Å². The number of benzene rings is 1. The zero-order chi connectivity index (χ0) is 15.3. The highest BCUT2D eigenvalue weighted by Crippen LogP contribution is 2.21. The average molecular weight is 309 g/mol. The monoisotopic (exact) mass is 309 g/mol. The first-order valence-corrected chi connectivity index (χ1v) is 8.73. The predicted molar refractivity (Wildman–Crippen MR) is 79.7 cm³/mol. The molecule has 0 saturated heterocycles. The van der Waals surface area contributed by atoms with Crippen LogP contribution in [0.5, 0.6) is 0 Å². The van der Waals surface area contributed by atoms with Gasteiger partial charge in [-0.25, -0.2) is 8.42 Å². The van der Waals surface area contributed by atoms with E-state index in [2.05, 4.69) is 22.4 Å². The number of rotatable bonds is 7. The Hall–Kier alpha value is -1.73. The van der Waals surface area contributed by atoms with E-state index in [4.69, 9.17) is 4.42 Å². The van der Waals surface area contributed by atoms with Crippen molar-refractivity contribution in [2.24, 2.45) is 0 Å². The number of hydrogen-bond acceptors (Lipinski definition) is 6. The molecule has 1 N–H and O–H groups in total. The van der Waals surface area contributed by atoms with Gasteiger partial charge >= 0.3 is 0 Å². The smallest absolute Gasteiger partial charge is 0.247 e. The molecule has 0 atom stereocenters. The minimum Gasteiger partial charge on any atom is -0.421 e. The molecule has 114 valence electrons. The van der Waals surface area contributed by atoms with Gasteiger partial charge in [-0.15, -0.1) is 10.2 Å². The zero-order valence-corrected chi connectivity index (χ0v) is 13.0. The number of sulfone groups is 1. The SMILES string of the molecule is CCCNCCc1nnc(-c2cccc(S(C)(=O)=O)c2)o1. The topological polar surface area (TPSA) is 85.1 Å². The van der Waals surface area contributed by atoms with Gasteiger partial charge in [-0.2, -0.15) is 0 Å². The molecule has 2 rings (SSSR count). The van der Waals surface area contributed by atoms with Gasteiger partial charge in [0.05, 0.1) is 4.90 Å². The lowest BCUT2D eigenvalue weighted by atomic mass is 10.2. The van der Waals surface area contributed by atoms with Gasteiger partial charge in [0, 0.05) is 24.8 Å².